The maximum atomic E-state index is 14.7. The second kappa shape index (κ2) is 8.01. The molecule has 152 valence electrons. The molecule has 2 aromatic carbocycles. The van der Waals surface area contributed by atoms with Gasteiger partial charge in [-0.2, -0.15) is 0 Å². The van der Waals surface area contributed by atoms with E-state index in [1.807, 2.05) is 0 Å². The van der Waals surface area contributed by atoms with Crippen LogP contribution in [0.4, 0.5) is 4.39 Å². The molecule has 1 unspecified atom stereocenters. The molecule has 1 aliphatic rings. The summed E-state index contributed by atoms with van der Waals surface area (Å²) in [7, 11) is 1.24. The maximum absolute atomic E-state index is 14.7. The van der Waals surface area contributed by atoms with Crippen molar-refractivity contribution < 1.29 is 13.9 Å². The Kier molecular flexibility index (Phi) is 5.40. The number of benzene rings is 2. The van der Waals surface area contributed by atoms with Gasteiger partial charge in [0.25, 0.3) is 5.56 Å². The molecule has 1 aliphatic heterocycles. The fourth-order valence-corrected chi connectivity index (χ4v) is 4.57. The van der Waals surface area contributed by atoms with E-state index in [1.165, 1.54) is 29.1 Å². The van der Waals surface area contributed by atoms with Gasteiger partial charge in [0.1, 0.15) is 11.9 Å². The van der Waals surface area contributed by atoms with Crippen LogP contribution >= 0.6 is 22.9 Å². The molecule has 8 heteroatoms. The SMILES string of the molecule is COC(=O)C1=C(C)N=c2sc(=Cc3ccc(Cl)cc3)c(=O)n2C1c1ccccc1F. The van der Waals surface area contributed by atoms with Gasteiger partial charge in [-0.05, 0) is 36.8 Å². The van der Waals surface area contributed by atoms with Crippen LogP contribution in [0.15, 0.2) is 69.6 Å². The number of carbonyl (C=O) groups excluding carboxylic acids is 1. The zero-order chi connectivity index (χ0) is 21.4. The van der Waals surface area contributed by atoms with Crippen molar-refractivity contribution in [2.24, 2.45) is 4.99 Å². The minimum absolute atomic E-state index is 0.132. The van der Waals surface area contributed by atoms with E-state index < -0.39 is 17.8 Å². The number of nitrogens with zero attached hydrogens (tertiary/aromatic N) is 2. The van der Waals surface area contributed by atoms with Crippen molar-refractivity contribution >= 4 is 35.0 Å². The molecule has 0 bridgehead atoms. The molecule has 3 aromatic rings. The van der Waals surface area contributed by atoms with Crippen molar-refractivity contribution in [1.82, 2.24) is 4.57 Å². The average Bonchev–Trinajstić information content (AvgIpc) is 3.03. The van der Waals surface area contributed by atoms with Gasteiger partial charge in [0, 0.05) is 10.6 Å². The maximum Gasteiger partial charge on any atom is 0.338 e. The number of rotatable bonds is 3. The molecule has 0 spiro atoms. The number of thiazole rings is 1. The van der Waals surface area contributed by atoms with Gasteiger partial charge in [-0.25, -0.2) is 14.2 Å². The fraction of sp³-hybridized carbons (Fsp3) is 0.136. The van der Waals surface area contributed by atoms with E-state index in [0.717, 1.165) is 5.56 Å². The number of esters is 1. The third-order valence-electron chi connectivity index (χ3n) is 4.79. The Morgan fingerprint density at radius 1 is 1.23 bits per heavy atom. The molecular weight excluding hydrogens is 427 g/mol. The number of hydrogen-bond donors (Lipinski definition) is 0. The van der Waals surface area contributed by atoms with Crippen molar-refractivity contribution in [3.63, 3.8) is 0 Å². The van der Waals surface area contributed by atoms with E-state index in [4.69, 9.17) is 16.3 Å². The van der Waals surface area contributed by atoms with E-state index in [-0.39, 0.29) is 16.7 Å². The van der Waals surface area contributed by atoms with Gasteiger partial charge in [0.15, 0.2) is 4.80 Å². The van der Waals surface area contributed by atoms with Crippen LogP contribution in [0.5, 0.6) is 0 Å². The van der Waals surface area contributed by atoms with Crippen molar-refractivity contribution in [2.75, 3.05) is 7.11 Å². The number of allylic oxidation sites excluding steroid dienone is 1. The van der Waals surface area contributed by atoms with Crippen molar-refractivity contribution in [3.8, 4) is 0 Å². The average molecular weight is 443 g/mol. The Morgan fingerprint density at radius 3 is 2.60 bits per heavy atom. The minimum Gasteiger partial charge on any atom is -0.466 e. The summed E-state index contributed by atoms with van der Waals surface area (Å²) in [5, 5.41) is 0.589. The monoisotopic (exact) mass is 442 g/mol. The topological polar surface area (TPSA) is 60.7 Å². The number of aromatic nitrogens is 1. The molecule has 1 atom stereocenters. The Morgan fingerprint density at radius 2 is 1.93 bits per heavy atom. The molecule has 0 fully saturated rings. The Bertz CT molecular complexity index is 1360. The molecular formula is C22H16ClFN2O3S. The lowest BCUT2D eigenvalue weighted by Crippen LogP contribution is -2.40. The van der Waals surface area contributed by atoms with Crippen LogP contribution in [0.3, 0.4) is 0 Å². The minimum atomic E-state index is -0.970. The van der Waals surface area contributed by atoms with Crippen LogP contribution in [0, 0.1) is 5.82 Å². The third kappa shape index (κ3) is 3.51. The highest BCUT2D eigenvalue weighted by Crippen LogP contribution is 2.31. The molecule has 2 heterocycles. The number of fused-ring (bicyclic) bond motifs is 1. The standard InChI is InChI=1S/C22H16ClFN2O3S/c1-12-18(21(28)29-2)19(15-5-3-4-6-16(15)24)26-20(27)17(30-22(26)25-12)11-13-7-9-14(23)10-8-13/h3-11,19H,1-2H3. The van der Waals surface area contributed by atoms with Crippen LogP contribution < -0.4 is 14.9 Å². The van der Waals surface area contributed by atoms with Gasteiger partial charge in [-0.3, -0.25) is 9.36 Å². The van der Waals surface area contributed by atoms with Crippen LogP contribution in [-0.2, 0) is 9.53 Å². The Balaban J connectivity index is 2.00. The normalized spacial score (nSPS) is 16.3. The zero-order valence-corrected chi connectivity index (χ0v) is 17.6. The first-order valence-electron chi connectivity index (χ1n) is 9.01. The van der Waals surface area contributed by atoms with Gasteiger partial charge in [-0.1, -0.05) is 53.3 Å². The van der Waals surface area contributed by atoms with Crippen LogP contribution in [0.2, 0.25) is 5.02 Å². The van der Waals surface area contributed by atoms with Crippen LogP contribution in [-0.4, -0.2) is 17.6 Å². The lowest BCUT2D eigenvalue weighted by atomic mass is 9.95. The molecule has 0 saturated carbocycles. The number of hydrogen-bond acceptors (Lipinski definition) is 5. The number of ether oxygens (including phenoxy) is 1. The van der Waals surface area contributed by atoms with Gasteiger partial charge in [0.05, 0.1) is 22.9 Å². The molecule has 30 heavy (non-hydrogen) atoms. The second-order valence-electron chi connectivity index (χ2n) is 6.65. The van der Waals surface area contributed by atoms with E-state index >= 15 is 0 Å². The van der Waals surface area contributed by atoms with E-state index in [1.54, 1.807) is 55.5 Å². The highest BCUT2D eigenvalue weighted by atomic mass is 35.5. The first-order chi connectivity index (χ1) is 14.4. The van der Waals surface area contributed by atoms with Crippen molar-refractivity contribution in [3.05, 3.63) is 101 Å². The first-order valence-corrected chi connectivity index (χ1v) is 10.2. The molecule has 5 nitrogen and oxygen atoms in total. The fourth-order valence-electron chi connectivity index (χ4n) is 3.39. The first kappa shape index (κ1) is 20.3. The summed E-state index contributed by atoms with van der Waals surface area (Å²) in [6.07, 6.45) is 1.72. The van der Waals surface area contributed by atoms with E-state index in [9.17, 15) is 14.0 Å². The van der Waals surface area contributed by atoms with Crippen molar-refractivity contribution in [2.45, 2.75) is 13.0 Å². The van der Waals surface area contributed by atoms with Gasteiger partial charge < -0.3 is 4.74 Å². The Hall–Kier alpha value is -3.03. The predicted molar refractivity (Wildman–Crippen MR) is 114 cm³/mol. The summed E-state index contributed by atoms with van der Waals surface area (Å²) >= 11 is 7.11. The predicted octanol–water partition coefficient (Wildman–Crippen LogP) is 3.20. The van der Waals surface area contributed by atoms with E-state index in [0.29, 0.717) is 20.1 Å². The van der Waals surface area contributed by atoms with Gasteiger partial charge in [-0.15, -0.1) is 0 Å². The summed E-state index contributed by atoms with van der Waals surface area (Å²) in [6, 6.07) is 12.1. The zero-order valence-electron chi connectivity index (χ0n) is 16.1. The Labute approximate surface area is 180 Å². The largest absolute Gasteiger partial charge is 0.466 e. The van der Waals surface area contributed by atoms with Crippen LogP contribution in [0.1, 0.15) is 24.1 Å². The van der Waals surface area contributed by atoms with Gasteiger partial charge >= 0.3 is 5.97 Å². The van der Waals surface area contributed by atoms with Crippen LogP contribution in [0.25, 0.3) is 6.08 Å². The molecule has 1 aromatic heterocycles. The second-order valence-corrected chi connectivity index (χ2v) is 8.09. The number of halogens is 2. The van der Waals surface area contributed by atoms with Gasteiger partial charge in [0.2, 0.25) is 0 Å². The van der Waals surface area contributed by atoms with E-state index in [2.05, 4.69) is 4.99 Å². The quantitative estimate of drug-likeness (QED) is 0.585. The highest BCUT2D eigenvalue weighted by molar-refractivity contribution is 7.07. The molecule has 0 radical (unpaired) electrons. The molecule has 0 amide bonds. The number of carbonyl (C=O) groups is 1. The summed E-state index contributed by atoms with van der Waals surface area (Å²) in [5.41, 5.74) is 1.14. The lowest BCUT2D eigenvalue weighted by Gasteiger charge is -2.24. The summed E-state index contributed by atoms with van der Waals surface area (Å²) in [5.74, 6) is -1.18. The summed E-state index contributed by atoms with van der Waals surface area (Å²) < 4.78 is 21.4. The third-order valence-corrected chi connectivity index (χ3v) is 6.03. The highest BCUT2D eigenvalue weighted by Gasteiger charge is 2.34. The molecule has 0 N–H and O–H groups in total. The summed E-state index contributed by atoms with van der Waals surface area (Å²) in [4.78, 5) is 30.7. The molecule has 4 rings (SSSR count). The van der Waals surface area contributed by atoms with Crippen molar-refractivity contribution in [1.29, 1.82) is 0 Å². The number of methoxy groups -OCH3 is 1. The smallest absolute Gasteiger partial charge is 0.338 e. The lowest BCUT2D eigenvalue weighted by molar-refractivity contribution is -0.136. The molecule has 0 saturated heterocycles. The molecule has 0 aliphatic carbocycles. The summed E-state index contributed by atoms with van der Waals surface area (Å²) in [6.45, 7) is 1.65.